The van der Waals surface area contributed by atoms with Crippen molar-refractivity contribution in [2.75, 3.05) is 0 Å². The van der Waals surface area contributed by atoms with Crippen molar-refractivity contribution >= 4 is 0 Å². The highest BCUT2D eigenvalue weighted by atomic mass is 16.6. The fourth-order valence-corrected chi connectivity index (χ4v) is 2.60. The quantitative estimate of drug-likeness (QED) is 0.588. The van der Waals surface area contributed by atoms with Crippen molar-refractivity contribution in [2.45, 2.75) is 50.7 Å². The minimum atomic E-state index is -0.0920. The maximum atomic E-state index is 8.76. The fourth-order valence-electron chi connectivity index (χ4n) is 2.60. The Labute approximate surface area is 73.5 Å². The maximum Gasteiger partial charge on any atom is 0.173 e. The van der Waals surface area contributed by atoms with E-state index < -0.39 is 0 Å². The Morgan fingerprint density at radius 1 is 1.50 bits per heavy atom. The fraction of sp³-hybridized carbons (Fsp3) is 0.900. The highest BCUT2D eigenvalue weighted by Crippen LogP contribution is 2.51. The zero-order valence-corrected chi connectivity index (χ0v) is 7.55. The largest absolute Gasteiger partial charge is 0.350 e. The van der Waals surface area contributed by atoms with Crippen LogP contribution in [0, 0.1) is 17.2 Å². The average Bonchev–Trinajstić information content (AvgIpc) is 2.57. The summed E-state index contributed by atoms with van der Waals surface area (Å²) >= 11 is 0. The lowest BCUT2D eigenvalue weighted by atomic mass is 9.86. The van der Waals surface area contributed by atoms with Crippen molar-refractivity contribution in [1.29, 1.82) is 5.26 Å². The molecule has 0 spiro atoms. The van der Waals surface area contributed by atoms with E-state index in [1.165, 1.54) is 25.7 Å². The molecule has 2 rings (SSSR count). The van der Waals surface area contributed by atoms with Gasteiger partial charge < -0.3 is 4.74 Å². The Morgan fingerprint density at radius 2 is 2.17 bits per heavy atom. The van der Waals surface area contributed by atoms with Gasteiger partial charge in [-0.2, -0.15) is 5.26 Å². The van der Waals surface area contributed by atoms with E-state index in [9.17, 15) is 0 Å². The first-order valence-electron chi connectivity index (χ1n) is 4.91. The van der Waals surface area contributed by atoms with Crippen LogP contribution >= 0.6 is 0 Å². The van der Waals surface area contributed by atoms with Crippen molar-refractivity contribution in [3.05, 3.63) is 0 Å². The van der Waals surface area contributed by atoms with E-state index in [2.05, 4.69) is 13.0 Å². The molecule has 1 heterocycles. The van der Waals surface area contributed by atoms with E-state index in [0.29, 0.717) is 5.92 Å². The molecule has 2 aliphatic rings. The van der Waals surface area contributed by atoms with Crippen LogP contribution in [0.4, 0.5) is 0 Å². The van der Waals surface area contributed by atoms with Gasteiger partial charge in [-0.3, -0.25) is 0 Å². The SMILES string of the molecule is CCC1(C2CCCC2)OC1C#N. The van der Waals surface area contributed by atoms with Gasteiger partial charge in [0.15, 0.2) is 6.10 Å². The lowest BCUT2D eigenvalue weighted by molar-refractivity contribution is 0.211. The van der Waals surface area contributed by atoms with E-state index in [1.54, 1.807) is 0 Å². The van der Waals surface area contributed by atoms with Gasteiger partial charge in [0.25, 0.3) is 0 Å². The van der Waals surface area contributed by atoms with Gasteiger partial charge in [0.1, 0.15) is 5.60 Å². The molecule has 12 heavy (non-hydrogen) atoms. The molecule has 1 aliphatic heterocycles. The first-order valence-corrected chi connectivity index (χ1v) is 4.91. The van der Waals surface area contributed by atoms with Crippen LogP contribution in [0.2, 0.25) is 0 Å². The predicted octanol–water partition coefficient (Wildman–Crippen LogP) is 2.25. The van der Waals surface area contributed by atoms with Gasteiger partial charge in [-0.05, 0) is 25.2 Å². The van der Waals surface area contributed by atoms with Crippen LogP contribution in [0.15, 0.2) is 0 Å². The Balaban J connectivity index is 2.05. The van der Waals surface area contributed by atoms with E-state index >= 15 is 0 Å². The number of hydrogen-bond acceptors (Lipinski definition) is 2. The van der Waals surface area contributed by atoms with Crippen LogP contribution in [-0.4, -0.2) is 11.7 Å². The second kappa shape index (κ2) is 2.74. The molecule has 0 radical (unpaired) electrons. The summed E-state index contributed by atoms with van der Waals surface area (Å²) in [6.45, 7) is 2.13. The molecule has 2 unspecified atom stereocenters. The maximum absolute atomic E-state index is 8.76. The number of rotatable bonds is 2. The van der Waals surface area contributed by atoms with Gasteiger partial charge in [0.2, 0.25) is 0 Å². The second-order valence-electron chi connectivity index (χ2n) is 3.92. The van der Waals surface area contributed by atoms with E-state index in [1.807, 2.05) is 0 Å². The van der Waals surface area contributed by atoms with Crippen LogP contribution < -0.4 is 0 Å². The van der Waals surface area contributed by atoms with Gasteiger partial charge in [-0.15, -0.1) is 0 Å². The van der Waals surface area contributed by atoms with E-state index in [4.69, 9.17) is 10.00 Å². The lowest BCUT2D eigenvalue weighted by Gasteiger charge is -2.16. The second-order valence-corrected chi connectivity index (χ2v) is 3.92. The molecule has 0 aromatic heterocycles. The minimum absolute atomic E-state index is 0.0226. The van der Waals surface area contributed by atoms with Crippen molar-refractivity contribution in [3.8, 4) is 6.07 Å². The zero-order valence-electron chi connectivity index (χ0n) is 7.55. The first-order chi connectivity index (χ1) is 5.83. The molecule has 2 atom stereocenters. The molecule has 0 N–H and O–H groups in total. The molecule has 1 saturated heterocycles. The van der Waals surface area contributed by atoms with Crippen molar-refractivity contribution < 1.29 is 4.74 Å². The Bertz CT molecular complexity index is 214. The predicted molar refractivity (Wildman–Crippen MR) is 45.5 cm³/mol. The smallest absolute Gasteiger partial charge is 0.173 e. The standard InChI is InChI=1S/C10H15NO/c1-2-10(9(7-11)12-10)8-5-3-4-6-8/h8-9H,2-6H2,1H3. The normalized spacial score (nSPS) is 41.2. The monoisotopic (exact) mass is 165 g/mol. The Morgan fingerprint density at radius 3 is 2.58 bits per heavy atom. The molecular formula is C10H15NO. The van der Waals surface area contributed by atoms with Crippen LogP contribution in [0.5, 0.6) is 0 Å². The average molecular weight is 165 g/mol. The van der Waals surface area contributed by atoms with E-state index in [-0.39, 0.29) is 11.7 Å². The molecule has 0 aromatic rings. The number of hydrogen-bond donors (Lipinski definition) is 0. The third-order valence-corrected chi connectivity index (χ3v) is 3.44. The highest BCUT2D eigenvalue weighted by Gasteiger charge is 2.60. The van der Waals surface area contributed by atoms with Crippen LogP contribution in [0.25, 0.3) is 0 Å². The third-order valence-electron chi connectivity index (χ3n) is 3.44. The van der Waals surface area contributed by atoms with Crippen LogP contribution in [0.3, 0.4) is 0 Å². The summed E-state index contributed by atoms with van der Waals surface area (Å²) < 4.78 is 5.53. The van der Waals surface area contributed by atoms with Gasteiger partial charge >= 0.3 is 0 Å². The molecule has 2 fully saturated rings. The molecular weight excluding hydrogens is 150 g/mol. The van der Waals surface area contributed by atoms with E-state index in [0.717, 1.165) is 6.42 Å². The number of epoxide rings is 1. The molecule has 0 aromatic carbocycles. The summed E-state index contributed by atoms with van der Waals surface area (Å²) in [5, 5.41) is 8.76. The summed E-state index contributed by atoms with van der Waals surface area (Å²) in [5.41, 5.74) is -0.0226. The molecule has 1 aliphatic carbocycles. The van der Waals surface area contributed by atoms with Gasteiger partial charge in [-0.1, -0.05) is 19.8 Å². The van der Waals surface area contributed by atoms with Gasteiger partial charge in [0, 0.05) is 0 Å². The first kappa shape index (κ1) is 8.07. The summed E-state index contributed by atoms with van der Waals surface area (Å²) in [5.74, 6) is 0.673. The van der Waals surface area contributed by atoms with Gasteiger partial charge in [0.05, 0.1) is 6.07 Å². The molecule has 2 heteroatoms. The minimum Gasteiger partial charge on any atom is -0.350 e. The van der Waals surface area contributed by atoms with Crippen LogP contribution in [0.1, 0.15) is 39.0 Å². The summed E-state index contributed by atoms with van der Waals surface area (Å²) in [6, 6.07) is 2.24. The van der Waals surface area contributed by atoms with Crippen molar-refractivity contribution in [3.63, 3.8) is 0 Å². The lowest BCUT2D eigenvalue weighted by Crippen LogP contribution is -2.23. The number of ether oxygens (including phenoxy) is 1. The number of nitriles is 1. The molecule has 66 valence electrons. The topological polar surface area (TPSA) is 36.3 Å². The summed E-state index contributed by atoms with van der Waals surface area (Å²) in [4.78, 5) is 0. The summed E-state index contributed by atoms with van der Waals surface area (Å²) in [6.07, 6.45) is 6.11. The molecule has 0 bridgehead atoms. The summed E-state index contributed by atoms with van der Waals surface area (Å²) in [7, 11) is 0. The number of nitrogens with zero attached hydrogens (tertiary/aromatic N) is 1. The molecule has 1 saturated carbocycles. The van der Waals surface area contributed by atoms with Crippen LogP contribution in [-0.2, 0) is 4.74 Å². The Hall–Kier alpha value is -0.550. The van der Waals surface area contributed by atoms with Gasteiger partial charge in [-0.25, -0.2) is 0 Å². The van der Waals surface area contributed by atoms with Crippen molar-refractivity contribution in [2.24, 2.45) is 5.92 Å². The van der Waals surface area contributed by atoms with Crippen molar-refractivity contribution in [1.82, 2.24) is 0 Å². The third kappa shape index (κ3) is 0.964. The highest BCUT2D eigenvalue weighted by molar-refractivity contribution is 5.16. The zero-order chi connectivity index (χ0) is 8.60. The molecule has 0 amide bonds. The molecule has 2 nitrogen and oxygen atoms in total. The Kier molecular flexibility index (Phi) is 1.84.